The fourth-order valence-electron chi connectivity index (χ4n) is 1.44. The molecule has 0 saturated heterocycles. The minimum Gasteiger partial charge on any atom is -0.478 e. The van der Waals surface area contributed by atoms with Crippen LogP contribution < -0.4 is 11.1 Å². The largest absolute Gasteiger partial charge is 0.478 e. The maximum absolute atomic E-state index is 11.3. The number of benzene rings is 1. The Bertz CT molecular complexity index is 556. The number of hydrogen-bond donors (Lipinski definition) is 4. The normalized spacial score (nSPS) is 11.2. The second kappa shape index (κ2) is 6.39. The zero-order valence-corrected chi connectivity index (χ0v) is 11.0. The van der Waals surface area contributed by atoms with Crippen LogP contribution in [0.4, 0.5) is 11.4 Å². The number of nitrogen functional groups attached to an aromatic ring is 1. The Kier molecular flexibility index (Phi) is 5.13. The third-order valence-electron chi connectivity index (χ3n) is 2.43. The highest BCUT2D eigenvalue weighted by molar-refractivity contribution is 7.91. The Morgan fingerprint density at radius 3 is 2.58 bits per heavy atom. The fraction of sp³-hybridized carbons (Fsp3) is 0.364. The summed E-state index contributed by atoms with van der Waals surface area (Å²) >= 11 is 0. The van der Waals surface area contributed by atoms with Gasteiger partial charge in [0.15, 0.2) is 9.84 Å². The maximum Gasteiger partial charge on any atom is 0.337 e. The molecule has 0 fully saturated rings. The molecule has 0 saturated carbocycles. The van der Waals surface area contributed by atoms with Crippen LogP contribution in [0, 0.1) is 0 Å². The van der Waals surface area contributed by atoms with Crippen molar-refractivity contribution in [2.75, 3.05) is 35.7 Å². The highest BCUT2D eigenvalue weighted by Crippen LogP contribution is 2.17. The Morgan fingerprint density at radius 2 is 2.00 bits per heavy atom. The van der Waals surface area contributed by atoms with E-state index in [1.807, 2.05) is 0 Å². The van der Waals surface area contributed by atoms with Gasteiger partial charge in [-0.25, -0.2) is 13.2 Å². The van der Waals surface area contributed by atoms with Gasteiger partial charge in [0.1, 0.15) is 0 Å². The van der Waals surface area contributed by atoms with E-state index in [4.69, 9.17) is 15.9 Å². The molecule has 1 aromatic rings. The van der Waals surface area contributed by atoms with Gasteiger partial charge in [-0.15, -0.1) is 0 Å². The van der Waals surface area contributed by atoms with Crippen LogP contribution in [-0.2, 0) is 9.84 Å². The number of carboxylic acid groups (broad SMARTS) is 1. The molecular weight excluding hydrogens is 272 g/mol. The predicted molar refractivity (Wildman–Crippen MR) is 72.0 cm³/mol. The number of nitrogens with two attached hydrogens (primary N) is 1. The summed E-state index contributed by atoms with van der Waals surface area (Å²) in [5.41, 5.74) is 6.08. The van der Waals surface area contributed by atoms with E-state index in [1.165, 1.54) is 12.1 Å². The van der Waals surface area contributed by atoms with Gasteiger partial charge >= 0.3 is 5.97 Å². The minimum absolute atomic E-state index is 0.0387. The number of rotatable bonds is 7. The van der Waals surface area contributed by atoms with Crippen LogP contribution in [0.5, 0.6) is 0 Å². The van der Waals surface area contributed by atoms with Gasteiger partial charge in [-0.2, -0.15) is 0 Å². The average Bonchev–Trinajstić information content (AvgIpc) is 2.30. The molecule has 0 bridgehead atoms. The van der Waals surface area contributed by atoms with E-state index in [0.717, 1.165) is 0 Å². The lowest BCUT2D eigenvalue weighted by molar-refractivity contribution is 0.0698. The van der Waals surface area contributed by atoms with E-state index in [-0.39, 0.29) is 29.3 Å². The van der Waals surface area contributed by atoms with E-state index in [0.29, 0.717) is 5.69 Å². The summed E-state index contributed by atoms with van der Waals surface area (Å²) < 4.78 is 22.7. The Hall–Kier alpha value is -1.80. The van der Waals surface area contributed by atoms with Gasteiger partial charge in [0.25, 0.3) is 0 Å². The summed E-state index contributed by atoms with van der Waals surface area (Å²) in [6.07, 6.45) is 0. The van der Waals surface area contributed by atoms with Crippen molar-refractivity contribution in [3.8, 4) is 0 Å². The summed E-state index contributed by atoms with van der Waals surface area (Å²) in [7, 11) is -3.29. The van der Waals surface area contributed by atoms with Crippen LogP contribution in [0.25, 0.3) is 0 Å². The molecule has 0 aliphatic carbocycles. The zero-order valence-electron chi connectivity index (χ0n) is 10.2. The van der Waals surface area contributed by atoms with Crippen LogP contribution in [0.3, 0.4) is 0 Å². The second-order valence-electron chi connectivity index (χ2n) is 3.91. The predicted octanol–water partition coefficient (Wildman–Crippen LogP) is -0.214. The molecule has 0 aromatic heterocycles. The molecule has 5 N–H and O–H groups in total. The first-order valence-electron chi connectivity index (χ1n) is 5.53. The molecule has 0 unspecified atom stereocenters. The molecule has 0 spiro atoms. The molecule has 106 valence electrons. The Morgan fingerprint density at radius 1 is 1.32 bits per heavy atom. The third kappa shape index (κ3) is 4.76. The molecule has 8 heteroatoms. The number of hydrogen-bond acceptors (Lipinski definition) is 6. The van der Waals surface area contributed by atoms with E-state index in [2.05, 4.69) is 5.32 Å². The van der Waals surface area contributed by atoms with Crippen molar-refractivity contribution < 1.29 is 23.4 Å². The molecule has 0 amide bonds. The molecule has 0 aliphatic heterocycles. The summed E-state index contributed by atoms with van der Waals surface area (Å²) in [6.45, 7) is -0.279. The van der Waals surface area contributed by atoms with Gasteiger partial charge in [-0.05, 0) is 18.2 Å². The number of sulfone groups is 1. The summed E-state index contributed by atoms with van der Waals surface area (Å²) in [5, 5.41) is 20.3. The number of carbonyl (C=O) groups is 1. The standard InChI is InChI=1S/C11H16N2O5S/c12-10-2-1-8(7-9(10)11(15)16)13-3-5-19(17,18)6-4-14/h1-2,7,13-14H,3-6,12H2,(H,15,16). The number of aliphatic hydroxyl groups excluding tert-OH is 1. The fourth-order valence-corrected chi connectivity index (χ4v) is 2.34. The molecular formula is C11H16N2O5S. The third-order valence-corrected chi connectivity index (χ3v) is 4.06. The molecule has 1 aromatic carbocycles. The molecule has 0 radical (unpaired) electrons. The first-order chi connectivity index (χ1) is 8.85. The van der Waals surface area contributed by atoms with Crippen molar-refractivity contribution in [3.05, 3.63) is 23.8 Å². The van der Waals surface area contributed by atoms with Crippen molar-refractivity contribution in [2.45, 2.75) is 0 Å². The summed E-state index contributed by atoms with van der Waals surface area (Å²) in [6, 6.07) is 4.35. The minimum atomic E-state index is -3.29. The van der Waals surface area contributed by atoms with E-state index in [9.17, 15) is 13.2 Å². The van der Waals surface area contributed by atoms with Crippen LogP contribution >= 0.6 is 0 Å². The van der Waals surface area contributed by atoms with Gasteiger partial charge in [-0.1, -0.05) is 0 Å². The van der Waals surface area contributed by atoms with Gasteiger partial charge < -0.3 is 21.3 Å². The van der Waals surface area contributed by atoms with Crippen molar-refractivity contribution in [1.82, 2.24) is 0 Å². The quantitative estimate of drug-likeness (QED) is 0.510. The summed E-state index contributed by atoms with van der Waals surface area (Å²) in [5.74, 6) is -1.56. The molecule has 0 heterocycles. The van der Waals surface area contributed by atoms with Gasteiger partial charge in [-0.3, -0.25) is 0 Å². The van der Waals surface area contributed by atoms with Crippen molar-refractivity contribution in [3.63, 3.8) is 0 Å². The molecule has 19 heavy (non-hydrogen) atoms. The lowest BCUT2D eigenvalue weighted by atomic mass is 10.1. The monoisotopic (exact) mass is 288 g/mol. The molecule has 7 nitrogen and oxygen atoms in total. The number of nitrogens with one attached hydrogen (secondary N) is 1. The maximum atomic E-state index is 11.3. The highest BCUT2D eigenvalue weighted by atomic mass is 32.2. The van der Waals surface area contributed by atoms with Gasteiger partial charge in [0.2, 0.25) is 0 Å². The lowest BCUT2D eigenvalue weighted by Crippen LogP contribution is -2.20. The van der Waals surface area contributed by atoms with Crippen LogP contribution in [0.15, 0.2) is 18.2 Å². The van der Waals surface area contributed by atoms with Gasteiger partial charge in [0, 0.05) is 17.9 Å². The van der Waals surface area contributed by atoms with Crippen LogP contribution in [0.2, 0.25) is 0 Å². The summed E-state index contributed by atoms with van der Waals surface area (Å²) in [4.78, 5) is 10.9. The Labute approximate surface area is 111 Å². The smallest absolute Gasteiger partial charge is 0.337 e. The first-order valence-corrected chi connectivity index (χ1v) is 7.36. The van der Waals surface area contributed by atoms with Crippen molar-refractivity contribution in [1.29, 1.82) is 0 Å². The highest BCUT2D eigenvalue weighted by Gasteiger charge is 2.11. The average molecular weight is 288 g/mol. The lowest BCUT2D eigenvalue weighted by Gasteiger charge is -2.08. The zero-order chi connectivity index (χ0) is 14.5. The molecule has 1 rings (SSSR count). The van der Waals surface area contributed by atoms with Crippen LogP contribution in [0.1, 0.15) is 10.4 Å². The number of anilines is 2. The first kappa shape index (κ1) is 15.3. The van der Waals surface area contributed by atoms with E-state index in [1.54, 1.807) is 6.07 Å². The number of aliphatic hydroxyl groups is 1. The molecule has 0 aliphatic rings. The number of carboxylic acids is 1. The van der Waals surface area contributed by atoms with Crippen molar-refractivity contribution >= 4 is 27.2 Å². The SMILES string of the molecule is Nc1ccc(NCCS(=O)(=O)CCO)cc1C(=O)O. The topological polar surface area (TPSA) is 130 Å². The molecule has 0 atom stereocenters. The van der Waals surface area contributed by atoms with Crippen LogP contribution in [-0.4, -0.2) is 49.3 Å². The second-order valence-corrected chi connectivity index (χ2v) is 6.21. The van der Waals surface area contributed by atoms with E-state index >= 15 is 0 Å². The van der Waals surface area contributed by atoms with Crippen molar-refractivity contribution in [2.24, 2.45) is 0 Å². The number of aromatic carboxylic acids is 1. The van der Waals surface area contributed by atoms with Gasteiger partial charge in [0.05, 0.1) is 23.7 Å². The Balaban J connectivity index is 2.64. The van der Waals surface area contributed by atoms with E-state index < -0.39 is 22.4 Å².